The van der Waals surface area contributed by atoms with Crippen LogP contribution in [0.15, 0.2) is 24.5 Å². The molecule has 4 N–H and O–H groups in total. The first-order chi connectivity index (χ1) is 7.25. The van der Waals surface area contributed by atoms with E-state index < -0.39 is 0 Å². The van der Waals surface area contributed by atoms with Gasteiger partial charge in [0.15, 0.2) is 0 Å². The fraction of sp³-hybridized carbons (Fsp3) is 0.400. The molecule has 1 aromatic rings. The minimum absolute atomic E-state index is 0.0228. The first-order valence-electron chi connectivity index (χ1n) is 4.95. The lowest BCUT2D eigenvalue weighted by Gasteiger charge is -2.09. The van der Waals surface area contributed by atoms with Gasteiger partial charge in [-0.05, 0) is 6.42 Å². The van der Waals surface area contributed by atoms with Gasteiger partial charge < -0.3 is 11.1 Å². The number of rotatable bonds is 3. The molecule has 0 fully saturated rings. The second kappa shape index (κ2) is 4.27. The summed E-state index contributed by atoms with van der Waals surface area (Å²) in [6.45, 7) is 0.509. The Bertz CT molecular complexity index is 358. The highest BCUT2D eigenvalue weighted by Crippen LogP contribution is 2.16. The summed E-state index contributed by atoms with van der Waals surface area (Å²) in [5.74, 6) is -0.0488. The fourth-order valence-electron chi connectivity index (χ4n) is 1.62. The Labute approximate surface area is 87.7 Å². The van der Waals surface area contributed by atoms with Crippen LogP contribution in [0.1, 0.15) is 12.0 Å². The molecule has 0 bridgehead atoms. The van der Waals surface area contributed by atoms with Crippen molar-refractivity contribution in [3.63, 3.8) is 0 Å². The summed E-state index contributed by atoms with van der Waals surface area (Å²) in [6, 6.07) is 0.0228. The number of amides is 1. The number of nitrogens with two attached hydrogens (primary N) is 1. The molecule has 0 radical (unpaired) electrons. The quantitative estimate of drug-likeness (QED) is 0.605. The molecular formula is C10H14N4O. The predicted molar refractivity (Wildman–Crippen MR) is 55.7 cm³/mol. The average molecular weight is 206 g/mol. The Hall–Kier alpha value is -1.62. The number of nitrogens with zero attached hydrogens (tertiary/aromatic N) is 1. The van der Waals surface area contributed by atoms with Crippen molar-refractivity contribution in [2.75, 3.05) is 0 Å². The second-order valence-electron chi connectivity index (χ2n) is 3.72. The summed E-state index contributed by atoms with van der Waals surface area (Å²) in [6.07, 6.45) is 7.90. The summed E-state index contributed by atoms with van der Waals surface area (Å²) in [5.41, 5.74) is 6.64. The maximum atomic E-state index is 11.6. The lowest BCUT2D eigenvalue weighted by molar-refractivity contribution is -0.123. The summed E-state index contributed by atoms with van der Waals surface area (Å²) in [7, 11) is 0. The summed E-state index contributed by atoms with van der Waals surface area (Å²) in [4.78, 5) is 11.6. The molecule has 0 aliphatic heterocycles. The zero-order chi connectivity index (χ0) is 10.7. The van der Waals surface area contributed by atoms with Crippen molar-refractivity contribution < 1.29 is 4.79 Å². The monoisotopic (exact) mass is 206 g/mol. The lowest BCUT2D eigenvalue weighted by Crippen LogP contribution is -2.30. The normalized spacial score (nSPS) is 24.3. The molecule has 5 heteroatoms. The third-order valence-corrected chi connectivity index (χ3v) is 2.48. The Balaban J connectivity index is 1.81. The number of hydrogen-bond donors (Lipinski definition) is 3. The molecule has 1 heterocycles. The molecule has 1 amide bonds. The maximum absolute atomic E-state index is 11.6. The molecule has 0 spiro atoms. The highest BCUT2D eigenvalue weighted by atomic mass is 16.1. The second-order valence-corrected chi connectivity index (χ2v) is 3.72. The molecule has 1 aromatic heterocycles. The molecule has 1 aliphatic rings. The van der Waals surface area contributed by atoms with E-state index in [1.54, 1.807) is 12.4 Å². The van der Waals surface area contributed by atoms with Crippen molar-refractivity contribution in [2.24, 2.45) is 11.7 Å². The number of aromatic nitrogens is 2. The lowest BCUT2D eigenvalue weighted by atomic mass is 10.1. The topological polar surface area (TPSA) is 83.8 Å². The van der Waals surface area contributed by atoms with Crippen molar-refractivity contribution >= 4 is 5.91 Å². The summed E-state index contributed by atoms with van der Waals surface area (Å²) in [5, 5.41) is 9.34. The van der Waals surface area contributed by atoms with E-state index >= 15 is 0 Å². The van der Waals surface area contributed by atoms with Gasteiger partial charge in [-0.25, -0.2) is 0 Å². The van der Waals surface area contributed by atoms with E-state index in [9.17, 15) is 4.79 Å². The van der Waals surface area contributed by atoms with Crippen LogP contribution in [-0.4, -0.2) is 22.1 Å². The van der Waals surface area contributed by atoms with Gasteiger partial charge in [-0.2, -0.15) is 5.10 Å². The Morgan fingerprint density at radius 2 is 2.53 bits per heavy atom. The number of carbonyl (C=O) groups is 1. The van der Waals surface area contributed by atoms with Crippen LogP contribution in [0, 0.1) is 5.92 Å². The van der Waals surface area contributed by atoms with Gasteiger partial charge >= 0.3 is 0 Å². The molecule has 2 atom stereocenters. The van der Waals surface area contributed by atoms with Crippen LogP contribution in [-0.2, 0) is 11.3 Å². The minimum Gasteiger partial charge on any atom is -0.351 e. The number of hydrogen-bond acceptors (Lipinski definition) is 3. The molecule has 2 unspecified atom stereocenters. The maximum Gasteiger partial charge on any atom is 0.227 e. The summed E-state index contributed by atoms with van der Waals surface area (Å²) >= 11 is 0. The van der Waals surface area contributed by atoms with Gasteiger partial charge in [0.25, 0.3) is 0 Å². The van der Waals surface area contributed by atoms with Crippen LogP contribution >= 0.6 is 0 Å². The van der Waals surface area contributed by atoms with Crippen LogP contribution in [0.2, 0.25) is 0 Å². The molecular weight excluding hydrogens is 192 g/mol. The third-order valence-electron chi connectivity index (χ3n) is 2.48. The van der Waals surface area contributed by atoms with Gasteiger partial charge in [0.05, 0.1) is 12.1 Å². The van der Waals surface area contributed by atoms with Crippen LogP contribution in [0.4, 0.5) is 0 Å². The average Bonchev–Trinajstić information content (AvgIpc) is 2.84. The highest BCUT2D eigenvalue weighted by molar-refractivity contribution is 5.81. The van der Waals surface area contributed by atoms with Gasteiger partial charge in [-0.3, -0.25) is 9.89 Å². The minimum atomic E-state index is -0.0769. The van der Waals surface area contributed by atoms with Crippen molar-refractivity contribution in [2.45, 2.75) is 19.0 Å². The van der Waals surface area contributed by atoms with Crippen LogP contribution < -0.4 is 11.1 Å². The first kappa shape index (κ1) is 9.92. The van der Waals surface area contributed by atoms with Crippen LogP contribution in [0.5, 0.6) is 0 Å². The molecule has 5 nitrogen and oxygen atoms in total. The van der Waals surface area contributed by atoms with Crippen molar-refractivity contribution in [1.29, 1.82) is 0 Å². The van der Waals surface area contributed by atoms with Gasteiger partial charge in [0.1, 0.15) is 0 Å². The Morgan fingerprint density at radius 1 is 1.67 bits per heavy atom. The first-order valence-corrected chi connectivity index (χ1v) is 4.95. The van der Waals surface area contributed by atoms with Crippen molar-refractivity contribution in [3.8, 4) is 0 Å². The third kappa shape index (κ3) is 2.44. The van der Waals surface area contributed by atoms with Crippen molar-refractivity contribution in [3.05, 3.63) is 30.1 Å². The van der Waals surface area contributed by atoms with E-state index in [1.807, 2.05) is 12.2 Å². The highest BCUT2D eigenvalue weighted by Gasteiger charge is 2.22. The Morgan fingerprint density at radius 3 is 3.13 bits per heavy atom. The SMILES string of the molecule is NC1C=CC(C(=O)NCc2cn[nH]c2)C1. The predicted octanol–water partition coefficient (Wildman–Crippen LogP) is -0.0707. The van der Waals surface area contributed by atoms with E-state index in [2.05, 4.69) is 15.5 Å². The number of carbonyl (C=O) groups excluding carboxylic acids is 1. The Kier molecular flexibility index (Phi) is 2.82. The van der Waals surface area contributed by atoms with E-state index in [4.69, 9.17) is 5.73 Å². The molecule has 0 saturated carbocycles. The molecule has 15 heavy (non-hydrogen) atoms. The molecule has 0 aromatic carbocycles. The largest absolute Gasteiger partial charge is 0.351 e. The zero-order valence-corrected chi connectivity index (χ0v) is 8.31. The molecule has 1 aliphatic carbocycles. The van der Waals surface area contributed by atoms with Gasteiger partial charge in [-0.1, -0.05) is 12.2 Å². The van der Waals surface area contributed by atoms with Gasteiger partial charge in [0, 0.05) is 24.3 Å². The number of nitrogens with one attached hydrogen (secondary N) is 2. The fourth-order valence-corrected chi connectivity index (χ4v) is 1.62. The summed E-state index contributed by atoms with van der Waals surface area (Å²) < 4.78 is 0. The van der Waals surface area contributed by atoms with E-state index in [-0.39, 0.29) is 17.9 Å². The standard InChI is InChI=1S/C10H14N4O/c11-9-2-1-8(3-9)10(15)12-4-7-5-13-14-6-7/h1-2,5-6,8-9H,3-4,11H2,(H,12,15)(H,13,14). The van der Waals surface area contributed by atoms with E-state index in [0.29, 0.717) is 13.0 Å². The van der Waals surface area contributed by atoms with Crippen LogP contribution in [0.3, 0.4) is 0 Å². The zero-order valence-electron chi connectivity index (χ0n) is 8.31. The van der Waals surface area contributed by atoms with Crippen molar-refractivity contribution in [1.82, 2.24) is 15.5 Å². The van der Waals surface area contributed by atoms with Gasteiger partial charge in [0.2, 0.25) is 5.91 Å². The molecule has 0 saturated heterocycles. The smallest absolute Gasteiger partial charge is 0.227 e. The van der Waals surface area contributed by atoms with Crippen LogP contribution in [0.25, 0.3) is 0 Å². The van der Waals surface area contributed by atoms with Gasteiger partial charge in [-0.15, -0.1) is 0 Å². The molecule has 2 rings (SSSR count). The van der Waals surface area contributed by atoms with E-state index in [0.717, 1.165) is 5.56 Å². The number of H-pyrrole nitrogens is 1. The number of aromatic amines is 1. The molecule has 80 valence electrons. The van der Waals surface area contributed by atoms with E-state index in [1.165, 1.54) is 0 Å².